The van der Waals surface area contributed by atoms with Crippen LogP contribution in [0.4, 0.5) is 0 Å². The van der Waals surface area contributed by atoms with Crippen molar-refractivity contribution in [2.45, 2.75) is 13.2 Å². The van der Waals surface area contributed by atoms with Crippen LogP contribution >= 0.6 is 23.2 Å². The second kappa shape index (κ2) is 8.75. The maximum Gasteiger partial charge on any atom is 0.254 e. The molecule has 0 saturated carbocycles. The van der Waals surface area contributed by atoms with Crippen molar-refractivity contribution in [1.29, 1.82) is 0 Å². The highest BCUT2D eigenvalue weighted by atomic mass is 35.5. The number of rotatable bonds is 7. The minimum atomic E-state index is -0.644. The summed E-state index contributed by atoms with van der Waals surface area (Å²) in [6.07, 6.45) is 0. The van der Waals surface area contributed by atoms with Crippen LogP contribution in [0.2, 0.25) is 5.02 Å². The number of hydrogen-bond donors (Lipinski definition) is 0. The molecule has 0 fully saturated rings. The summed E-state index contributed by atoms with van der Waals surface area (Å²) < 4.78 is 11.7. The molecule has 3 rings (SSSR count). The normalized spacial score (nSPS) is 10.4. The SMILES string of the molecule is O=C(Cl)c1ccc(OCc2ccccc2)c(OCc2ccccc2)c1Cl. The Morgan fingerprint density at radius 2 is 1.31 bits per heavy atom. The van der Waals surface area contributed by atoms with E-state index in [2.05, 4.69) is 0 Å². The van der Waals surface area contributed by atoms with E-state index in [-0.39, 0.29) is 10.6 Å². The lowest BCUT2D eigenvalue weighted by molar-refractivity contribution is 0.108. The van der Waals surface area contributed by atoms with E-state index in [1.807, 2.05) is 60.7 Å². The van der Waals surface area contributed by atoms with E-state index < -0.39 is 5.24 Å². The number of carbonyl (C=O) groups is 1. The molecule has 0 unspecified atom stereocenters. The van der Waals surface area contributed by atoms with E-state index in [1.165, 1.54) is 6.07 Å². The molecule has 5 heteroatoms. The molecule has 132 valence electrons. The van der Waals surface area contributed by atoms with Gasteiger partial charge in [0.15, 0.2) is 11.5 Å². The molecule has 0 atom stereocenters. The average molecular weight is 387 g/mol. The zero-order valence-electron chi connectivity index (χ0n) is 13.8. The van der Waals surface area contributed by atoms with Crippen molar-refractivity contribution >= 4 is 28.4 Å². The summed E-state index contributed by atoms with van der Waals surface area (Å²) in [4.78, 5) is 11.6. The summed E-state index contributed by atoms with van der Waals surface area (Å²) in [7, 11) is 0. The van der Waals surface area contributed by atoms with Gasteiger partial charge in [-0.3, -0.25) is 4.79 Å². The maximum absolute atomic E-state index is 11.6. The third-order valence-corrected chi connectivity index (χ3v) is 4.31. The summed E-state index contributed by atoms with van der Waals surface area (Å²) in [6.45, 7) is 0.648. The first kappa shape index (κ1) is 18.3. The largest absolute Gasteiger partial charge is 0.485 e. The fourth-order valence-electron chi connectivity index (χ4n) is 2.40. The van der Waals surface area contributed by atoms with Gasteiger partial charge in [-0.1, -0.05) is 72.3 Å². The molecule has 3 nitrogen and oxygen atoms in total. The van der Waals surface area contributed by atoms with Gasteiger partial charge in [-0.05, 0) is 34.9 Å². The van der Waals surface area contributed by atoms with E-state index in [9.17, 15) is 4.79 Å². The molecule has 0 N–H and O–H groups in total. The van der Waals surface area contributed by atoms with Gasteiger partial charge in [0.25, 0.3) is 5.24 Å². The van der Waals surface area contributed by atoms with Crippen LogP contribution in [0.1, 0.15) is 21.5 Å². The van der Waals surface area contributed by atoms with Crippen molar-refractivity contribution in [3.63, 3.8) is 0 Å². The first-order chi connectivity index (χ1) is 12.6. The second-order valence-corrected chi connectivity index (χ2v) is 6.30. The van der Waals surface area contributed by atoms with Gasteiger partial charge in [0.05, 0.1) is 10.6 Å². The maximum atomic E-state index is 11.6. The Bertz CT molecular complexity index is 881. The van der Waals surface area contributed by atoms with Gasteiger partial charge in [0.2, 0.25) is 0 Å². The van der Waals surface area contributed by atoms with Crippen LogP contribution in [0.25, 0.3) is 0 Å². The molecule has 0 saturated heterocycles. The lowest BCUT2D eigenvalue weighted by Gasteiger charge is -2.16. The van der Waals surface area contributed by atoms with Crippen LogP contribution in [0, 0.1) is 0 Å². The predicted molar refractivity (Wildman–Crippen MR) is 103 cm³/mol. The molecule has 3 aromatic rings. The van der Waals surface area contributed by atoms with Crippen molar-refractivity contribution < 1.29 is 14.3 Å². The standard InChI is InChI=1S/C21H16Cl2O3/c22-19-17(21(23)24)11-12-18(25-13-15-7-3-1-4-8-15)20(19)26-14-16-9-5-2-6-10-16/h1-12H,13-14H2. The first-order valence-corrected chi connectivity index (χ1v) is 8.76. The minimum absolute atomic E-state index is 0.145. The fraction of sp³-hybridized carbons (Fsp3) is 0.0952. The molecule has 0 spiro atoms. The van der Waals surface area contributed by atoms with Crippen LogP contribution in [0.5, 0.6) is 11.5 Å². The Morgan fingerprint density at radius 1 is 0.769 bits per heavy atom. The van der Waals surface area contributed by atoms with Crippen LogP contribution in [-0.4, -0.2) is 5.24 Å². The Kier molecular flexibility index (Phi) is 6.16. The summed E-state index contributed by atoms with van der Waals surface area (Å²) in [5.41, 5.74) is 2.17. The lowest BCUT2D eigenvalue weighted by atomic mass is 10.2. The third kappa shape index (κ3) is 4.57. The molecule has 0 aliphatic carbocycles. The molecular formula is C21H16Cl2O3. The van der Waals surface area contributed by atoms with Crippen molar-refractivity contribution in [3.05, 3.63) is 94.5 Å². The number of ether oxygens (including phenoxy) is 2. The van der Waals surface area contributed by atoms with E-state index in [1.54, 1.807) is 6.07 Å². The molecule has 0 aliphatic rings. The molecule has 0 heterocycles. The highest BCUT2D eigenvalue weighted by molar-refractivity contribution is 6.68. The zero-order chi connectivity index (χ0) is 18.4. The van der Waals surface area contributed by atoms with Crippen molar-refractivity contribution in [3.8, 4) is 11.5 Å². The molecule has 3 aromatic carbocycles. The van der Waals surface area contributed by atoms with E-state index in [4.69, 9.17) is 32.7 Å². The van der Waals surface area contributed by atoms with E-state index in [0.29, 0.717) is 24.7 Å². The van der Waals surface area contributed by atoms with Gasteiger partial charge >= 0.3 is 0 Å². The van der Waals surface area contributed by atoms with Crippen molar-refractivity contribution in [1.82, 2.24) is 0 Å². The second-order valence-electron chi connectivity index (χ2n) is 5.58. The molecular weight excluding hydrogens is 371 g/mol. The van der Waals surface area contributed by atoms with Gasteiger partial charge in [0, 0.05) is 0 Å². The highest BCUT2D eigenvalue weighted by Crippen LogP contribution is 2.39. The molecule has 0 radical (unpaired) electrons. The first-order valence-electron chi connectivity index (χ1n) is 8.01. The topological polar surface area (TPSA) is 35.5 Å². The smallest absolute Gasteiger partial charge is 0.254 e. The van der Waals surface area contributed by atoms with Crippen LogP contribution in [0.3, 0.4) is 0 Å². The number of halogens is 2. The van der Waals surface area contributed by atoms with Gasteiger partial charge in [-0.25, -0.2) is 0 Å². The van der Waals surface area contributed by atoms with Gasteiger partial charge in [-0.2, -0.15) is 0 Å². The highest BCUT2D eigenvalue weighted by Gasteiger charge is 2.18. The van der Waals surface area contributed by atoms with Crippen LogP contribution in [0.15, 0.2) is 72.8 Å². The Hall–Kier alpha value is -2.49. The predicted octanol–water partition coefficient (Wildman–Crippen LogP) is 5.88. The lowest BCUT2D eigenvalue weighted by Crippen LogP contribution is -2.03. The molecule has 0 amide bonds. The number of benzene rings is 3. The Labute approximate surface area is 162 Å². The van der Waals surface area contributed by atoms with Crippen LogP contribution in [-0.2, 0) is 13.2 Å². The number of hydrogen-bond acceptors (Lipinski definition) is 3. The van der Waals surface area contributed by atoms with Gasteiger partial charge in [0.1, 0.15) is 13.2 Å². The average Bonchev–Trinajstić information content (AvgIpc) is 2.67. The zero-order valence-corrected chi connectivity index (χ0v) is 15.3. The van der Waals surface area contributed by atoms with Crippen molar-refractivity contribution in [2.24, 2.45) is 0 Å². The molecule has 0 aromatic heterocycles. The summed E-state index contributed by atoms with van der Waals surface area (Å²) >= 11 is 11.9. The Morgan fingerprint density at radius 3 is 1.85 bits per heavy atom. The Balaban J connectivity index is 1.84. The fourth-order valence-corrected chi connectivity index (χ4v) is 2.91. The van der Waals surface area contributed by atoms with E-state index >= 15 is 0 Å². The molecule has 0 bridgehead atoms. The van der Waals surface area contributed by atoms with E-state index in [0.717, 1.165) is 11.1 Å². The minimum Gasteiger partial charge on any atom is -0.485 e. The summed E-state index contributed by atoms with van der Waals surface area (Å²) in [5.74, 6) is 0.759. The molecule has 0 aliphatic heterocycles. The monoisotopic (exact) mass is 386 g/mol. The summed E-state index contributed by atoms with van der Waals surface area (Å²) in [5, 5.41) is -0.499. The quantitative estimate of drug-likeness (QED) is 0.475. The van der Waals surface area contributed by atoms with Crippen LogP contribution < -0.4 is 9.47 Å². The summed E-state index contributed by atoms with van der Waals surface area (Å²) in [6, 6.07) is 22.6. The molecule has 26 heavy (non-hydrogen) atoms. The number of carbonyl (C=O) groups excluding carboxylic acids is 1. The van der Waals surface area contributed by atoms with Gasteiger partial charge in [-0.15, -0.1) is 0 Å². The van der Waals surface area contributed by atoms with Gasteiger partial charge < -0.3 is 9.47 Å². The van der Waals surface area contributed by atoms with Crippen molar-refractivity contribution in [2.75, 3.05) is 0 Å². The third-order valence-electron chi connectivity index (χ3n) is 3.74.